The van der Waals surface area contributed by atoms with Crippen LogP contribution in [0.3, 0.4) is 0 Å². The lowest BCUT2D eigenvalue weighted by molar-refractivity contribution is -0.894. The normalized spacial score (nSPS) is 12.3. The summed E-state index contributed by atoms with van der Waals surface area (Å²) >= 11 is 1.44. The highest BCUT2D eigenvalue weighted by Gasteiger charge is 2.12. The van der Waals surface area contributed by atoms with Crippen molar-refractivity contribution < 1.29 is 19.9 Å². The van der Waals surface area contributed by atoms with Gasteiger partial charge in [-0.3, -0.25) is 0 Å². The van der Waals surface area contributed by atoms with Gasteiger partial charge < -0.3 is 19.9 Å². The Balaban J connectivity index is 2.23. The van der Waals surface area contributed by atoms with Gasteiger partial charge in [0.15, 0.2) is 0 Å². The maximum Gasteiger partial charge on any atom is 0.124 e. The van der Waals surface area contributed by atoms with E-state index >= 15 is 0 Å². The van der Waals surface area contributed by atoms with E-state index in [1.54, 1.807) is 5.38 Å². The average Bonchev–Trinajstić information content (AvgIpc) is 2.87. The molecule has 1 aromatic heterocycles. The number of carbonyl (C=O) groups is 1. The Morgan fingerprint density at radius 2 is 2.19 bits per heavy atom. The van der Waals surface area contributed by atoms with Crippen LogP contribution >= 0.6 is 11.3 Å². The van der Waals surface area contributed by atoms with Crippen molar-refractivity contribution in [2.75, 3.05) is 20.2 Å². The second kappa shape index (κ2) is 7.31. The molecule has 0 spiro atoms. The third kappa shape index (κ3) is 4.35. The van der Waals surface area contributed by atoms with Crippen LogP contribution in [0.1, 0.15) is 11.3 Å². The second-order valence-corrected chi connectivity index (χ2v) is 5.82. The van der Waals surface area contributed by atoms with Crippen LogP contribution in [0.2, 0.25) is 0 Å². The molecule has 2 aromatic rings. The van der Waals surface area contributed by atoms with Gasteiger partial charge in [0.2, 0.25) is 0 Å². The number of nitrogens with one attached hydrogen (secondary N) is 1. The van der Waals surface area contributed by atoms with Gasteiger partial charge in [-0.2, -0.15) is 0 Å². The van der Waals surface area contributed by atoms with Crippen LogP contribution < -0.4 is 10.0 Å². The minimum atomic E-state index is -1.12. The quantitative estimate of drug-likeness (QED) is 0.696. The summed E-state index contributed by atoms with van der Waals surface area (Å²) in [6.45, 7) is 1.62. The van der Waals surface area contributed by atoms with Gasteiger partial charge in [0, 0.05) is 28.9 Å². The predicted octanol–water partition coefficient (Wildman–Crippen LogP) is -0.890. The molecular formula is C15H18N2O3S. The highest BCUT2D eigenvalue weighted by Crippen LogP contribution is 2.26. The Morgan fingerprint density at radius 1 is 1.43 bits per heavy atom. The summed E-state index contributed by atoms with van der Waals surface area (Å²) in [5, 5.41) is 22.2. The molecule has 0 bridgehead atoms. The fourth-order valence-electron chi connectivity index (χ4n) is 2.15. The first-order valence-corrected chi connectivity index (χ1v) is 7.62. The van der Waals surface area contributed by atoms with Gasteiger partial charge in [0.1, 0.15) is 18.1 Å². The number of aliphatic carboxylic acids is 1. The summed E-state index contributed by atoms with van der Waals surface area (Å²) in [7, 11) is 2.02. The van der Waals surface area contributed by atoms with Crippen molar-refractivity contribution in [2.45, 2.75) is 13.0 Å². The number of aliphatic hydroxyl groups is 1. The number of hydrogen-bond donors (Lipinski definition) is 2. The van der Waals surface area contributed by atoms with Crippen molar-refractivity contribution in [1.29, 1.82) is 0 Å². The van der Waals surface area contributed by atoms with Crippen LogP contribution in [-0.2, 0) is 17.8 Å². The van der Waals surface area contributed by atoms with Gasteiger partial charge >= 0.3 is 0 Å². The van der Waals surface area contributed by atoms with E-state index in [1.165, 1.54) is 16.2 Å². The van der Waals surface area contributed by atoms with Gasteiger partial charge in [-0.05, 0) is 0 Å². The van der Waals surface area contributed by atoms with E-state index in [9.17, 15) is 9.90 Å². The van der Waals surface area contributed by atoms with Crippen molar-refractivity contribution in [3.05, 3.63) is 40.9 Å². The highest BCUT2D eigenvalue weighted by molar-refractivity contribution is 7.13. The lowest BCUT2D eigenvalue weighted by Gasteiger charge is -2.14. The van der Waals surface area contributed by atoms with E-state index in [0.717, 1.165) is 22.7 Å². The number of rotatable bonds is 7. The van der Waals surface area contributed by atoms with Crippen molar-refractivity contribution in [3.63, 3.8) is 0 Å². The maximum atomic E-state index is 10.6. The maximum absolute atomic E-state index is 10.6. The topological polar surface area (TPSA) is 77.7 Å². The standard InChI is InChI=1S/C15H18N2O3S/c1-17(6-7-18)9-11-4-2-3-5-13(11)15-16-12(10-21-15)8-14(19)20/h2-5,10,18H,6-9H2,1H3,(H,19,20). The third-order valence-electron chi connectivity index (χ3n) is 3.16. The average molecular weight is 306 g/mol. The Bertz CT molecular complexity index is 612. The van der Waals surface area contributed by atoms with Gasteiger partial charge in [-0.25, -0.2) is 4.98 Å². The first-order chi connectivity index (χ1) is 10.1. The van der Waals surface area contributed by atoms with E-state index < -0.39 is 5.97 Å². The molecule has 0 aliphatic carbocycles. The number of benzene rings is 1. The number of aliphatic hydroxyl groups excluding tert-OH is 1. The van der Waals surface area contributed by atoms with Crippen LogP contribution in [0.4, 0.5) is 0 Å². The third-order valence-corrected chi connectivity index (χ3v) is 4.08. The zero-order chi connectivity index (χ0) is 15.2. The molecule has 0 aliphatic rings. The van der Waals surface area contributed by atoms with Crippen molar-refractivity contribution >= 4 is 17.3 Å². The molecule has 1 heterocycles. The number of quaternary nitrogens is 1. The van der Waals surface area contributed by atoms with E-state index in [2.05, 4.69) is 4.98 Å². The Labute approximate surface area is 127 Å². The monoisotopic (exact) mass is 306 g/mol. The SMILES string of the molecule is C[NH+](CCO)Cc1ccccc1-c1nc(CC(=O)[O-])cs1. The number of thiazole rings is 1. The largest absolute Gasteiger partial charge is 0.550 e. The molecule has 2 rings (SSSR count). The minimum absolute atomic E-state index is 0.154. The van der Waals surface area contributed by atoms with Crippen LogP contribution in [0.15, 0.2) is 29.6 Å². The van der Waals surface area contributed by atoms with Gasteiger partial charge in [-0.1, -0.05) is 24.3 Å². The van der Waals surface area contributed by atoms with Crippen molar-refractivity contribution in [3.8, 4) is 10.6 Å². The van der Waals surface area contributed by atoms with Crippen LogP contribution in [0, 0.1) is 0 Å². The Hall–Kier alpha value is -1.76. The fourth-order valence-corrected chi connectivity index (χ4v) is 3.03. The summed E-state index contributed by atoms with van der Waals surface area (Å²) in [6, 6.07) is 7.94. The summed E-state index contributed by atoms with van der Waals surface area (Å²) in [6.07, 6.45) is -0.158. The minimum Gasteiger partial charge on any atom is -0.550 e. The zero-order valence-electron chi connectivity index (χ0n) is 11.8. The summed E-state index contributed by atoms with van der Waals surface area (Å²) < 4.78 is 0. The number of aromatic nitrogens is 1. The molecule has 112 valence electrons. The molecule has 0 fully saturated rings. The molecule has 1 aromatic carbocycles. The van der Waals surface area contributed by atoms with E-state index in [4.69, 9.17) is 5.11 Å². The van der Waals surface area contributed by atoms with Crippen LogP contribution in [0.25, 0.3) is 10.6 Å². The van der Waals surface area contributed by atoms with Gasteiger partial charge in [0.05, 0.1) is 19.3 Å². The first-order valence-electron chi connectivity index (χ1n) is 6.75. The van der Waals surface area contributed by atoms with Gasteiger partial charge in [0.25, 0.3) is 0 Å². The van der Waals surface area contributed by atoms with Gasteiger partial charge in [-0.15, -0.1) is 11.3 Å². The highest BCUT2D eigenvalue weighted by atomic mass is 32.1. The number of likely N-dealkylation sites (N-methyl/N-ethyl adjacent to an activating group) is 1. The number of nitrogens with zero attached hydrogens (tertiary/aromatic N) is 1. The smallest absolute Gasteiger partial charge is 0.124 e. The van der Waals surface area contributed by atoms with E-state index in [0.29, 0.717) is 12.2 Å². The molecule has 0 saturated carbocycles. The summed E-state index contributed by atoms with van der Waals surface area (Å²) in [5.74, 6) is -1.12. The van der Waals surface area contributed by atoms with E-state index in [-0.39, 0.29) is 13.0 Å². The molecule has 0 amide bonds. The first kappa shape index (κ1) is 15.6. The summed E-state index contributed by atoms with van der Waals surface area (Å²) in [5.41, 5.74) is 2.68. The Kier molecular flexibility index (Phi) is 5.44. The lowest BCUT2D eigenvalue weighted by atomic mass is 10.1. The molecule has 6 heteroatoms. The fraction of sp³-hybridized carbons (Fsp3) is 0.333. The van der Waals surface area contributed by atoms with Crippen LogP contribution in [-0.4, -0.2) is 36.3 Å². The number of hydrogen-bond acceptors (Lipinski definition) is 5. The second-order valence-electron chi connectivity index (χ2n) is 4.96. The predicted molar refractivity (Wildman–Crippen MR) is 78.8 cm³/mol. The molecule has 1 atom stereocenters. The van der Waals surface area contributed by atoms with Crippen molar-refractivity contribution in [1.82, 2.24) is 4.98 Å². The molecule has 5 nitrogen and oxygen atoms in total. The zero-order valence-corrected chi connectivity index (χ0v) is 12.7. The van der Waals surface area contributed by atoms with Crippen LogP contribution in [0.5, 0.6) is 0 Å². The molecule has 0 aliphatic heterocycles. The molecule has 21 heavy (non-hydrogen) atoms. The molecule has 0 radical (unpaired) electrons. The number of carbonyl (C=O) groups excluding carboxylic acids is 1. The molecular weight excluding hydrogens is 288 g/mol. The van der Waals surface area contributed by atoms with Crippen molar-refractivity contribution in [2.24, 2.45) is 0 Å². The lowest BCUT2D eigenvalue weighted by Crippen LogP contribution is -3.08. The molecule has 1 unspecified atom stereocenters. The molecule has 2 N–H and O–H groups in total. The number of carboxylic acids is 1. The Morgan fingerprint density at radius 3 is 2.90 bits per heavy atom. The number of carboxylic acid groups (broad SMARTS) is 1. The summed E-state index contributed by atoms with van der Waals surface area (Å²) in [4.78, 5) is 16.2. The van der Waals surface area contributed by atoms with E-state index in [1.807, 2.05) is 31.3 Å². The molecule has 0 saturated heterocycles.